The Morgan fingerprint density at radius 3 is 2.88 bits per heavy atom. The lowest BCUT2D eigenvalue weighted by Crippen LogP contribution is -2.36. The van der Waals surface area contributed by atoms with Crippen LogP contribution >= 0.6 is 11.3 Å². The predicted octanol–water partition coefficient (Wildman–Crippen LogP) is 2.31. The van der Waals surface area contributed by atoms with E-state index >= 15 is 0 Å². The zero-order valence-corrected chi connectivity index (χ0v) is 16.5. The minimum absolute atomic E-state index is 0.0271. The number of methoxy groups -OCH3 is 1. The Labute approximate surface area is 158 Å². The van der Waals surface area contributed by atoms with Crippen LogP contribution in [0.3, 0.4) is 0 Å². The molecule has 0 aliphatic carbocycles. The highest BCUT2D eigenvalue weighted by Gasteiger charge is 2.24. The number of thiophene rings is 1. The number of amides is 1. The summed E-state index contributed by atoms with van der Waals surface area (Å²) in [6.07, 6.45) is 0.724. The highest BCUT2D eigenvalue weighted by molar-refractivity contribution is 7.10. The smallest absolute Gasteiger partial charge is 0.227 e. The van der Waals surface area contributed by atoms with Gasteiger partial charge in [0.05, 0.1) is 12.2 Å². The van der Waals surface area contributed by atoms with Crippen LogP contribution in [-0.4, -0.2) is 55.1 Å². The fourth-order valence-corrected chi connectivity index (χ4v) is 3.80. The Morgan fingerprint density at radius 1 is 1.46 bits per heavy atom. The Hall–Kier alpha value is -2.19. The quantitative estimate of drug-likeness (QED) is 0.835. The normalized spacial score (nSPS) is 14.7. The third-order valence-corrected chi connectivity index (χ3v) is 5.46. The summed E-state index contributed by atoms with van der Waals surface area (Å²) >= 11 is 1.68. The topological polar surface area (TPSA) is 70.6 Å². The number of rotatable bonds is 6. The maximum absolute atomic E-state index is 11.7. The molecule has 1 amide bonds. The third kappa shape index (κ3) is 3.96. The molecule has 2 aromatic heterocycles. The highest BCUT2D eigenvalue weighted by atomic mass is 32.1. The summed E-state index contributed by atoms with van der Waals surface area (Å²) < 4.78 is 5.63. The average molecular weight is 375 g/mol. The van der Waals surface area contributed by atoms with Gasteiger partial charge in [-0.05, 0) is 17.9 Å². The molecule has 8 heteroatoms. The van der Waals surface area contributed by atoms with E-state index in [0.29, 0.717) is 25.6 Å². The van der Waals surface area contributed by atoms with Gasteiger partial charge in [-0.15, -0.1) is 11.3 Å². The van der Waals surface area contributed by atoms with Crippen molar-refractivity contribution in [3.05, 3.63) is 33.6 Å². The van der Waals surface area contributed by atoms with Crippen molar-refractivity contribution in [1.29, 1.82) is 0 Å². The molecule has 0 bridgehead atoms. The second-order valence-corrected chi connectivity index (χ2v) is 7.48. The van der Waals surface area contributed by atoms with Gasteiger partial charge in [0.1, 0.15) is 11.9 Å². The monoisotopic (exact) mass is 375 g/mol. The number of ether oxygens (including phenoxy) is 1. The molecule has 3 heterocycles. The molecule has 0 fully saturated rings. The van der Waals surface area contributed by atoms with Crippen LogP contribution < -0.4 is 10.2 Å². The summed E-state index contributed by atoms with van der Waals surface area (Å²) in [6, 6.07) is 4.10. The molecule has 0 radical (unpaired) electrons. The fourth-order valence-electron chi connectivity index (χ4n) is 3.00. The van der Waals surface area contributed by atoms with Crippen molar-refractivity contribution >= 4 is 29.0 Å². The Kier molecular flexibility index (Phi) is 5.73. The molecular formula is C18H25N5O2S. The number of fused-ring (bicyclic) bond motifs is 1. The van der Waals surface area contributed by atoms with Gasteiger partial charge >= 0.3 is 0 Å². The second kappa shape index (κ2) is 8.01. The lowest BCUT2D eigenvalue weighted by molar-refractivity contribution is -0.129. The summed E-state index contributed by atoms with van der Waals surface area (Å²) in [4.78, 5) is 26.0. The first-order valence-corrected chi connectivity index (χ1v) is 9.50. The maximum Gasteiger partial charge on any atom is 0.227 e. The number of anilines is 2. The number of aromatic nitrogens is 2. The lowest BCUT2D eigenvalue weighted by Gasteiger charge is -2.29. The lowest BCUT2D eigenvalue weighted by atomic mass is 10.1. The molecule has 2 aromatic rings. The van der Waals surface area contributed by atoms with Crippen LogP contribution in [0.5, 0.6) is 0 Å². The highest BCUT2D eigenvalue weighted by Crippen LogP contribution is 2.28. The molecule has 0 saturated heterocycles. The van der Waals surface area contributed by atoms with Crippen LogP contribution in [0.1, 0.15) is 29.2 Å². The third-order valence-electron chi connectivity index (χ3n) is 4.50. The summed E-state index contributed by atoms with van der Waals surface area (Å²) in [7, 11) is 5.55. The predicted molar refractivity (Wildman–Crippen MR) is 104 cm³/mol. The van der Waals surface area contributed by atoms with E-state index in [-0.39, 0.29) is 12.0 Å². The molecule has 26 heavy (non-hydrogen) atoms. The summed E-state index contributed by atoms with van der Waals surface area (Å²) in [6.45, 7) is 3.45. The minimum atomic E-state index is -0.0271. The second-order valence-electron chi connectivity index (χ2n) is 6.50. The van der Waals surface area contributed by atoms with Crippen molar-refractivity contribution in [2.75, 3.05) is 44.5 Å². The van der Waals surface area contributed by atoms with Crippen LogP contribution in [0.15, 0.2) is 17.5 Å². The number of carbonyl (C=O) groups is 1. The van der Waals surface area contributed by atoms with E-state index < -0.39 is 0 Å². The SMILES string of the molecule is CO[C@H](CNc1nc(N(C)C)nc2c1CCN(C(C)=O)C2)c1cccs1. The Morgan fingerprint density at radius 2 is 2.27 bits per heavy atom. The molecule has 1 aliphatic rings. The molecule has 1 atom stereocenters. The van der Waals surface area contributed by atoms with Crippen LogP contribution in [0.4, 0.5) is 11.8 Å². The van der Waals surface area contributed by atoms with Crippen molar-refractivity contribution < 1.29 is 9.53 Å². The number of hydrogen-bond acceptors (Lipinski definition) is 7. The largest absolute Gasteiger partial charge is 0.374 e. The molecule has 140 valence electrons. The van der Waals surface area contributed by atoms with Crippen LogP contribution in [-0.2, 0) is 22.5 Å². The van der Waals surface area contributed by atoms with E-state index in [0.717, 1.165) is 23.5 Å². The molecular weight excluding hydrogens is 350 g/mol. The Bertz CT molecular complexity index is 763. The van der Waals surface area contributed by atoms with Crippen molar-refractivity contribution in [3.63, 3.8) is 0 Å². The molecule has 7 nitrogen and oxygen atoms in total. The van der Waals surface area contributed by atoms with Gasteiger partial charge in [0.2, 0.25) is 11.9 Å². The van der Waals surface area contributed by atoms with Crippen molar-refractivity contribution in [2.24, 2.45) is 0 Å². The molecule has 3 rings (SSSR count). The summed E-state index contributed by atoms with van der Waals surface area (Å²) in [5.74, 6) is 1.55. The summed E-state index contributed by atoms with van der Waals surface area (Å²) in [5.41, 5.74) is 2.01. The number of nitrogens with one attached hydrogen (secondary N) is 1. The molecule has 1 aliphatic heterocycles. The number of hydrogen-bond donors (Lipinski definition) is 1. The zero-order valence-electron chi connectivity index (χ0n) is 15.7. The van der Waals surface area contributed by atoms with Gasteiger partial charge in [-0.3, -0.25) is 4.79 Å². The van der Waals surface area contributed by atoms with Crippen LogP contribution in [0.2, 0.25) is 0 Å². The number of carbonyl (C=O) groups excluding carboxylic acids is 1. The van der Waals surface area contributed by atoms with E-state index in [9.17, 15) is 4.79 Å². The molecule has 0 aromatic carbocycles. The first kappa shape index (κ1) is 18.6. The van der Waals surface area contributed by atoms with E-state index in [1.54, 1.807) is 25.4 Å². The van der Waals surface area contributed by atoms with Crippen molar-refractivity contribution in [3.8, 4) is 0 Å². The van der Waals surface area contributed by atoms with E-state index in [2.05, 4.69) is 16.4 Å². The minimum Gasteiger partial charge on any atom is -0.374 e. The molecule has 1 N–H and O–H groups in total. The molecule has 0 spiro atoms. The van der Waals surface area contributed by atoms with Gasteiger partial charge in [-0.2, -0.15) is 4.98 Å². The van der Waals surface area contributed by atoms with Gasteiger partial charge in [0.25, 0.3) is 0 Å². The average Bonchev–Trinajstić information content (AvgIpc) is 3.15. The fraction of sp³-hybridized carbons (Fsp3) is 0.500. The van der Waals surface area contributed by atoms with E-state index in [1.165, 1.54) is 4.88 Å². The van der Waals surface area contributed by atoms with Gasteiger partial charge < -0.3 is 19.9 Å². The van der Waals surface area contributed by atoms with Gasteiger partial charge in [-0.25, -0.2) is 4.98 Å². The van der Waals surface area contributed by atoms with Crippen molar-refractivity contribution in [2.45, 2.75) is 26.0 Å². The zero-order chi connectivity index (χ0) is 18.7. The first-order chi connectivity index (χ1) is 12.5. The Balaban J connectivity index is 1.85. The summed E-state index contributed by atoms with van der Waals surface area (Å²) in [5, 5.41) is 5.50. The van der Waals surface area contributed by atoms with Gasteiger partial charge in [0.15, 0.2) is 0 Å². The van der Waals surface area contributed by atoms with Gasteiger partial charge in [0, 0.05) is 51.7 Å². The van der Waals surface area contributed by atoms with Crippen LogP contribution in [0, 0.1) is 0 Å². The van der Waals surface area contributed by atoms with E-state index in [1.807, 2.05) is 35.3 Å². The molecule has 0 saturated carbocycles. The standard InChI is InChI=1S/C18H25N5O2S/c1-12(24)23-8-7-13-14(11-23)20-18(22(2)3)21-17(13)19-10-15(25-4)16-6-5-9-26-16/h5-6,9,15H,7-8,10-11H2,1-4H3,(H,19,20,21)/t15-/m1/s1. The van der Waals surface area contributed by atoms with Crippen molar-refractivity contribution in [1.82, 2.24) is 14.9 Å². The molecule has 0 unspecified atom stereocenters. The van der Waals surface area contributed by atoms with Gasteiger partial charge in [-0.1, -0.05) is 6.07 Å². The maximum atomic E-state index is 11.7. The number of nitrogens with zero attached hydrogens (tertiary/aromatic N) is 4. The first-order valence-electron chi connectivity index (χ1n) is 8.62. The van der Waals surface area contributed by atoms with Crippen LogP contribution in [0.25, 0.3) is 0 Å². The van der Waals surface area contributed by atoms with E-state index in [4.69, 9.17) is 9.72 Å².